The molecule has 0 spiro atoms. The van der Waals surface area contributed by atoms with Gasteiger partial charge in [0, 0.05) is 15.6 Å². The molecule has 164 valence electrons. The first-order valence-electron chi connectivity index (χ1n) is 9.71. The number of benzene rings is 2. The molecule has 3 aromatic rings. The Bertz CT molecular complexity index is 1440. The Morgan fingerprint density at radius 3 is 2.72 bits per heavy atom. The molecule has 32 heavy (non-hydrogen) atoms. The second-order valence-electron chi connectivity index (χ2n) is 6.99. The van der Waals surface area contributed by atoms with Crippen LogP contribution in [0.5, 0.6) is 0 Å². The molecule has 0 unspecified atom stereocenters. The Hall–Kier alpha value is -2.74. The molecule has 0 radical (unpaired) electrons. The average molecular weight is 491 g/mol. The van der Waals surface area contributed by atoms with Crippen LogP contribution >= 0.6 is 34.5 Å². The van der Waals surface area contributed by atoms with E-state index in [4.69, 9.17) is 27.9 Å². The molecule has 2 heterocycles. The zero-order chi connectivity index (χ0) is 23.0. The van der Waals surface area contributed by atoms with Crippen LogP contribution in [0.15, 0.2) is 63.5 Å². The van der Waals surface area contributed by atoms with Crippen molar-refractivity contribution in [1.29, 1.82) is 0 Å². The van der Waals surface area contributed by atoms with E-state index in [0.717, 1.165) is 11.3 Å². The maximum atomic E-state index is 14.8. The minimum absolute atomic E-state index is 0.125. The lowest BCUT2D eigenvalue weighted by Crippen LogP contribution is -2.40. The van der Waals surface area contributed by atoms with Crippen molar-refractivity contribution in [3.8, 4) is 0 Å². The van der Waals surface area contributed by atoms with Crippen LogP contribution < -0.4 is 14.9 Å². The SMILES string of the molecule is CCOC(=O)C1=C(C)N=c2s/c(=C/c3ccc(Cl)cc3Cl)c(=O)n2[C@@H]1c1ccccc1F. The molecular weight excluding hydrogens is 474 g/mol. The summed E-state index contributed by atoms with van der Waals surface area (Å²) in [6.45, 7) is 3.46. The van der Waals surface area contributed by atoms with E-state index in [0.29, 0.717) is 30.6 Å². The largest absolute Gasteiger partial charge is 0.463 e. The molecule has 9 heteroatoms. The van der Waals surface area contributed by atoms with E-state index in [1.807, 2.05) is 0 Å². The average Bonchev–Trinajstić information content (AvgIpc) is 3.04. The highest BCUT2D eigenvalue weighted by Gasteiger charge is 2.34. The van der Waals surface area contributed by atoms with Gasteiger partial charge in [-0.15, -0.1) is 0 Å². The Kier molecular flexibility index (Phi) is 6.33. The van der Waals surface area contributed by atoms with Gasteiger partial charge >= 0.3 is 5.97 Å². The molecule has 5 nitrogen and oxygen atoms in total. The van der Waals surface area contributed by atoms with Crippen LogP contribution in [0.1, 0.15) is 31.0 Å². The second kappa shape index (κ2) is 9.02. The highest BCUT2D eigenvalue weighted by atomic mass is 35.5. The van der Waals surface area contributed by atoms with Crippen molar-refractivity contribution < 1.29 is 13.9 Å². The maximum Gasteiger partial charge on any atom is 0.338 e. The van der Waals surface area contributed by atoms with E-state index in [2.05, 4.69) is 4.99 Å². The fourth-order valence-electron chi connectivity index (χ4n) is 3.54. The lowest BCUT2D eigenvalue weighted by atomic mass is 9.95. The molecule has 0 bridgehead atoms. The van der Waals surface area contributed by atoms with Gasteiger partial charge in [0.2, 0.25) is 0 Å². The fraction of sp³-hybridized carbons (Fsp3) is 0.174. The van der Waals surface area contributed by atoms with Gasteiger partial charge in [-0.05, 0) is 43.7 Å². The molecular formula is C23H17Cl2FN2O3S. The number of allylic oxidation sites excluding steroid dienone is 1. The molecule has 0 saturated carbocycles. The number of nitrogens with zero attached hydrogens (tertiary/aromatic N) is 2. The smallest absolute Gasteiger partial charge is 0.338 e. The van der Waals surface area contributed by atoms with Crippen molar-refractivity contribution in [2.75, 3.05) is 6.61 Å². The summed E-state index contributed by atoms with van der Waals surface area (Å²) in [4.78, 5) is 31.0. The predicted molar refractivity (Wildman–Crippen MR) is 123 cm³/mol. The molecule has 0 aliphatic carbocycles. The van der Waals surface area contributed by atoms with Gasteiger partial charge in [0.25, 0.3) is 5.56 Å². The summed E-state index contributed by atoms with van der Waals surface area (Å²) in [6, 6.07) is 9.98. The van der Waals surface area contributed by atoms with Crippen LogP contribution in [0.25, 0.3) is 6.08 Å². The first-order chi connectivity index (χ1) is 15.3. The molecule has 4 rings (SSSR count). The van der Waals surface area contributed by atoms with Gasteiger partial charge in [-0.25, -0.2) is 14.2 Å². The number of thiazole rings is 1. The number of hydrogen-bond acceptors (Lipinski definition) is 5. The minimum Gasteiger partial charge on any atom is -0.463 e. The standard InChI is InChI=1S/C23H17Cl2FN2O3S/c1-3-31-22(30)19-12(2)27-23-28(20(19)15-6-4-5-7-17(15)26)21(29)18(32-23)10-13-8-9-14(24)11-16(13)25/h4-11,20H,3H2,1-2H3/b18-10+/t20-/m1/s1. The van der Waals surface area contributed by atoms with Gasteiger partial charge in [-0.1, -0.05) is 58.8 Å². The number of halogens is 3. The monoisotopic (exact) mass is 490 g/mol. The van der Waals surface area contributed by atoms with E-state index in [1.54, 1.807) is 56.3 Å². The highest BCUT2D eigenvalue weighted by Crippen LogP contribution is 2.32. The molecule has 2 aromatic carbocycles. The van der Waals surface area contributed by atoms with Crippen molar-refractivity contribution in [2.24, 2.45) is 4.99 Å². The van der Waals surface area contributed by atoms with Crippen LogP contribution in [-0.2, 0) is 9.53 Å². The molecule has 0 N–H and O–H groups in total. The highest BCUT2D eigenvalue weighted by molar-refractivity contribution is 7.07. The van der Waals surface area contributed by atoms with Gasteiger partial charge in [-0.2, -0.15) is 0 Å². The van der Waals surface area contributed by atoms with E-state index < -0.39 is 23.4 Å². The zero-order valence-corrected chi connectivity index (χ0v) is 19.4. The van der Waals surface area contributed by atoms with Gasteiger partial charge in [0.1, 0.15) is 11.9 Å². The van der Waals surface area contributed by atoms with Crippen molar-refractivity contribution in [3.05, 3.63) is 100 Å². The first kappa shape index (κ1) is 22.5. The predicted octanol–water partition coefficient (Wildman–Crippen LogP) is 4.24. The van der Waals surface area contributed by atoms with Crippen molar-refractivity contribution in [1.82, 2.24) is 4.57 Å². The second-order valence-corrected chi connectivity index (χ2v) is 8.84. The Morgan fingerprint density at radius 1 is 1.28 bits per heavy atom. The number of ether oxygens (including phenoxy) is 1. The molecule has 1 aliphatic heterocycles. The Balaban J connectivity index is 1.99. The van der Waals surface area contributed by atoms with Crippen molar-refractivity contribution >= 4 is 46.6 Å². The number of carbonyl (C=O) groups excluding carboxylic acids is 1. The van der Waals surface area contributed by atoms with Gasteiger partial charge < -0.3 is 4.74 Å². The fourth-order valence-corrected chi connectivity index (χ4v) is 5.04. The topological polar surface area (TPSA) is 60.7 Å². The molecule has 0 fully saturated rings. The van der Waals surface area contributed by atoms with Gasteiger partial charge in [0.15, 0.2) is 4.80 Å². The van der Waals surface area contributed by atoms with E-state index in [9.17, 15) is 14.0 Å². The Morgan fingerprint density at radius 2 is 2.03 bits per heavy atom. The first-order valence-corrected chi connectivity index (χ1v) is 11.3. The lowest BCUT2D eigenvalue weighted by molar-refractivity contribution is -0.139. The summed E-state index contributed by atoms with van der Waals surface area (Å²) in [5.41, 5.74) is 0.865. The Labute approximate surface area is 196 Å². The summed E-state index contributed by atoms with van der Waals surface area (Å²) in [7, 11) is 0. The number of esters is 1. The number of aromatic nitrogens is 1. The number of carbonyl (C=O) groups is 1. The summed E-state index contributed by atoms with van der Waals surface area (Å²) >= 11 is 13.4. The van der Waals surface area contributed by atoms with E-state index >= 15 is 0 Å². The maximum absolute atomic E-state index is 14.8. The van der Waals surface area contributed by atoms with E-state index in [1.165, 1.54) is 10.6 Å². The molecule has 0 amide bonds. The zero-order valence-electron chi connectivity index (χ0n) is 17.1. The van der Waals surface area contributed by atoms with E-state index in [-0.39, 0.29) is 17.7 Å². The van der Waals surface area contributed by atoms with Crippen LogP contribution in [0.4, 0.5) is 4.39 Å². The third-order valence-electron chi connectivity index (χ3n) is 4.97. The lowest BCUT2D eigenvalue weighted by Gasteiger charge is -2.24. The number of rotatable bonds is 4. The van der Waals surface area contributed by atoms with Crippen molar-refractivity contribution in [3.63, 3.8) is 0 Å². The number of hydrogen-bond donors (Lipinski definition) is 0. The third kappa shape index (κ3) is 4.03. The molecule has 1 aromatic heterocycles. The van der Waals surface area contributed by atoms with Gasteiger partial charge in [-0.3, -0.25) is 9.36 Å². The molecule has 1 aliphatic rings. The summed E-state index contributed by atoms with van der Waals surface area (Å²) in [5.74, 6) is -1.18. The summed E-state index contributed by atoms with van der Waals surface area (Å²) < 4.78 is 21.7. The van der Waals surface area contributed by atoms with Crippen LogP contribution in [-0.4, -0.2) is 17.1 Å². The minimum atomic E-state index is -1.01. The van der Waals surface area contributed by atoms with Crippen LogP contribution in [0.3, 0.4) is 0 Å². The van der Waals surface area contributed by atoms with Crippen molar-refractivity contribution in [2.45, 2.75) is 19.9 Å². The van der Waals surface area contributed by atoms with Crippen LogP contribution in [0.2, 0.25) is 10.0 Å². The van der Waals surface area contributed by atoms with Crippen LogP contribution in [0, 0.1) is 5.82 Å². The number of fused-ring (bicyclic) bond motifs is 1. The van der Waals surface area contributed by atoms with Gasteiger partial charge in [0.05, 0.1) is 22.4 Å². The quantitative estimate of drug-likeness (QED) is 0.513. The summed E-state index contributed by atoms with van der Waals surface area (Å²) in [5, 5.41) is 0.861. The normalized spacial score (nSPS) is 16.0. The molecule has 0 saturated heterocycles. The summed E-state index contributed by atoms with van der Waals surface area (Å²) in [6.07, 6.45) is 1.63. The molecule has 1 atom stereocenters. The third-order valence-corrected chi connectivity index (χ3v) is 6.51.